The van der Waals surface area contributed by atoms with Crippen LogP contribution >= 0.6 is 0 Å². The van der Waals surface area contributed by atoms with Gasteiger partial charge in [-0.1, -0.05) is 13.8 Å². The Hall–Kier alpha value is -1.43. The maximum Gasteiger partial charge on any atom is 0.224 e. The lowest BCUT2D eigenvalue weighted by molar-refractivity contribution is -0.0865. The third-order valence-electron chi connectivity index (χ3n) is 4.20. The van der Waals surface area contributed by atoms with Crippen LogP contribution in [0.4, 0.5) is 16.2 Å². The Labute approximate surface area is 125 Å². The van der Waals surface area contributed by atoms with E-state index in [0.717, 1.165) is 25.7 Å². The van der Waals surface area contributed by atoms with Crippen molar-refractivity contribution < 1.29 is 9.13 Å². The molecule has 0 saturated carbocycles. The summed E-state index contributed by atoms with van der Waals surface area (Å²) in [6.07, 6.45) is 4.88. The van der Waals surface area contributed by atoms with Crippen LogP contribution in [0.2, 0.25) is 0 Å². The molecule has 0 radical (unpaired) electrons. The number of halogens is 1. The number of aromatic nitrogens is 2. The lowest BCUT2D eigenvalue weighted by Crippen LogP contribution is -2.43. The van der Waals surface area contributed by atoms with Gasteiger partial charge in [0, 0.05) is 19.2 Å². The van der Waals surface area contributed by atoms with Gasteiger partial charge >= 0.3 is 0 Å². The minimum atomic E-state index is -0.415. The number of nitrogens with zero attached hydrogens (tertiary/aromatic N) is 2. The van der Waals surface area contributed by atoms with Crippen LogP contribution in [-0.2, 0) is 4.74 Å². The second kappa shape index (κ2) is 7.02. The predicted octanol–water partition coefficient (Wildman–Crippen LogP) is 3.20. The summed E-state index contributed by atoms with van der Waals surface area (Å²) < 4.78 is 19.8. The Kier molecular flexibility index (Phi) is 5.33. The molecule has 6 heteroatoms. The molecule has 0 amide bonds. The molecule has 1 fully saturated rings. The molecule has 1 aromatic rings. The minimum absolute atomic E-state index is 0.0933. The highest BCUT2D eigenvalue weighted by Gasteiger charge is 2.34. The van der Waals surface area contributed by atoms with E-state index in [4.69, 9.17) is 4.74 Å². The molecular formula is C15H25FN4O. The maximum atomic E-state index is 13.9. The van der Waals surface area contributed by atoms with Crippen molar-refractivity contribution in [3.63, 3.8) is 0 Å². The van der Waals surface area contributed by atoms with Gasteiger partial charge in [0.2, 0.25) is 5.95 Å². The van der Waals surface area contributed by atoms with E-state index in [1.165, 1.54) is 6.20 Å². The number of hydrogen-bond donors (Lipinski definition) is 2. The first-order chi connectivity index (χ1) is 10.1. The molecule has 1 aromatic heterocycles. The van der Waals surface area contributed by atoms with Crippen molar-refractivity contribution in [3.05, 3.63) is 12.0 Å². The lowest BCUT2D eigenvalue weighted by Gasteiger charge is -2.40. The molecular weight excluding hydrogens is 271 g/mol. The van der Waals surface area contributed by atoms with E-state index >= 15 is 0 Å². The summed E-state index contributed by atoms with van der Waals surface area (Å²) in [5.41, 5.74) is -0.0933. The Morgan fingerprint density at radius 2 is 2.14 bits per heavy atom. The first-order valence-corrected chi connectivity index (χ1v) is 7.79. The van der Waals surface area contributed by atoms with Gasteiger partial charge in [-0.15, -0.1) is 0 Å². The van der Waals surface area contributed by atoms with Crippen LogP contribution in [0.1, 0.15) is 46.5 Å². The molecule has 0 bridgehead atoms. The standard InChI is InChI=1S/C15H25FN4O/c1-4-15(5-2)9-11(7-8-21-15)19-13-12(16)10-18-14(20-13)17-6-3/h10-11H,4-9H2,1-3H3,(H2,17,18,19,20). The van der Waals surface area contributed by atoms with E-state index in [1.807, 2.05) is 6.92 Å². The zero-order valence-electron chi connectivity index (χ0n) is 13.1. The molecule has 2 rings (SSSR count). The summed E-state index contributed by atoms with van der Waals surface area (Å²) in [6.45, 7) is 7.64. The smallest absolute Gasteiger partial charge is 0.224 e. The average Bonchev–Trinajstić information content (AvgIpc) is 2.51. The van der Waals surface area contributed by atoms with Gasteiger partial charge in [0.05, 0.1) is 11.8 Å². The second-order valence-corrected chi connectivity index (χ2v) is 5.49. The highest BCUT2D eigenvalue weighted by molar-refractivity contribution is 5.42. The van der Waals surface area contributed by atoms with Gasteiger partial charge in [-0.2, -0.15) is 4.98 Å². The minimum Gasteiger partial charge on any atom is -0.375 e. The van der Waals surface area contributed by atoms with E-state index in [2.05, 4.69) is 34.4 Å². The van der Waals surface area contributed by atoms with Crippen LogP contribution in [-0.4, -0.2) is 34.8 Å². The van der Waals surface area contributed by atoms with E-state index in [-0.39, 0.29) is 17.5 Å². The third kappa shape index (κ3) is 3.81. The highest BCUT2D eigenvalue weighted by atomic mass is 19.1. The van der Waals surface area contributed by atoms with Crippen molar-refractivity contribution in [2.75, 3.05) is 23.8 Å². The van der Waals surface area contributed by atoms with Crippen molar-refractivity contribution in [2.24, 2.45) is 0 Å². The molecule has 1 atom stereocenters. The second-order valence-electron chi connectivity index (χ2n) is 5.49. The first-order valence-electron chi connectivity index (χ1n) is 7.79. The van der Waals surface area contributed by atoms with E-state index in [9.17, 15) is 4.39 Å². The Morgan fingerprint density at radius 3 is 2.81 bits per heavy atom. The fourth-order valence-electron chi connectivity index (χ4n) is 2.80. The summed E-state index contributed by atoms with van der Waals surface area (Å²) in [7, 11) is 0. The SMILES string of the molecule is CCNc1ncc(F)c(NC2CCOC(CC)(CC)C2)n1. The first kappa shape index (κ1) is 15.9. The van der Waals surface area contributed by atoms with Crippen molar-refractivity contribution in [3.8, 4) is 0 Å². The molecule has 1 unspecified atom stereocenters. The number of anilines is 2. The van der Waals surface area contributed by atoms with Crippen molar-refractivity contribution in [2.45, 2.75) is 58.1 Å². The van der Waals surface area contributed by atoms with Crippen LogP contribution in [0, 0.1) is 5.82 Å². The summed E-state index contributed by atoms with van der Waals surface area (Å²) in [4.78, 5) is 8.13. The largest absolute Gasteiger partial charge is 0.375 e. The maximum absolute atomic E-state index is 13.9. The molecule has 1 aliphatic rings. The third-order valence-corrected chi connectivity index (χ3v) is 4.20. The fourth-order valence-corrected chi connectivity index (χ4v) is 2.80. The van der Waals surface area contributed by atoms with Crippen LogP contribution in [0.25, 0.3) is 0 Å². The topological polar surface area (TPSA) is 59.1 Å². The molecule has 118 valence electrons. The average molecular weight is 296 g/mol. The Bertz CT molecular complexity index is 465. The molecule has 0 aliphatic carbocycles. The van der Waals surface area contributed by atoms with Crippen molar-refractivity contribution in [1.29, 1.82) is 0 Å². The molecule has 1 saturated heterocycles. The zero-order chi connectivity index (χ0) is 15.3. The normalized spacial score (nSPS) is 21.0. The molecule has 2 heterocycles. The van der Waals surface area contributed by atoms with Crippen molar-refractivity contribution >= 4 is 11.8 Å². The van der Waals surface area contributed by atoms with Gasteiger partial charge in [-0.3, -0.25) is 0 Å². The van der Waals surface area contributed by atoms with Gasteiger partial charge in [0.1, 0.15) is 0 Å². The van der Waals surface area contributed by atoms with Gasteiger partial charge in [0.15, 0.2) is 11.6 Å². The molecule has 2 N–H and O–H groups in total. The van der Waals surface area contributed by atoms with Gasteiger partial charge < -0.3 is 15.4 Å². The summed E-state index contributed by atoms with van der Waals surface area (Å²) in [6, 6.07) is 0.178. The molecule has 1 aliphatic heterocycles. The number of ether oxygens (including phenoxy) is 1. The summed E-state index contributed by atoms with van der Waals surface area (Å²) in [5, 5.41) is 6.22. The van der Waals surface area contributed by atoms with Crippen LogP contribution < -0.4 is 10.6 Å². The zero-order valence-corrected chi connectivity index (χ0v) is 13.1. The fraction of sp³-hybridized carbons (Fsp3) is 0.733. The summed E-state index contributed by atoms with van der Waals surface area (Å²) in [5.74, 6) is 0.307. The van der Waals surface area contributed by atoms with Crippen LogP contribution in [0.15, 0.2) is 6.20 Å². The molecule has 0 spiro atoms. The predicted molar refractivity (Wildman–Crippen MR) is 82.1 cm³/mol. The molecule has 0 aromatic carbocycles. The van der Waals surface area contributed by atoms with Crippen LogP contribution in [0.3, 0.4) is 0 Å². The molecule has 21 heavy (non-hydrogen) atoms. The Morgan fingerprint density at radius 1 is 1.38 bits per heavy atom. The van der Waals surface area contributed by atoms with Gasteiger partial charge in [-0.25, -0.2) is 9.37 Å². The van der Waals surface area contributed by atoms with Crippen molar-refractivity contribution in [1.82, 2.24) is 9.97 Å². The van der Waals surface area contributed by atoms with E-state index in [1.54, 1.807) is 0 Å². The number of rotatable bonds is 6. The highest BCUT2D eigenvalue weighted by Crippen LogP contribution is 2.32. The molecule has 5 nitrogen and oxygen atoms in total. The van der Waals surface area contributed by atoms with Gasteiger partial charge in [-0.05, 0) is 32.6 Å². The lowest BCUT2D eigenvalue weighted by atomic mass is 9.86. The quantitative estimate of drug-likeness (QED) is 0.844. The number of hydrogen-bond acceptors (Lipinski definition) is 5. The monoisotopic (exact) mass is 296 g/mol. The van der Waals surface area contributed by atoms with Gasteiger partial charge in [0.25, 0.3) is 0 Å². The Balaban J connectivity index is 2.08. The summed E-state index contributed by atoms with van der Waals surface area (Å²) >= 11 is 0. The van der Waals surface area contributed by atoms with E-state index in [0.29, 0.717) is 19.1 Å². The van der Waals surface area contributed by atoms with Crippen LogP contribution in [0.5, 0.6) is 0 Å². The number of nitrogens with one attached hydrogen (secondary N) is 2. The van der Waals surface area contributed by atoms with E-state index < -0.39 is 5.82 Å².